The van der Waals surface area contributed by atoms with Crippen molar-refractivity contribution in [2.75, 3.05) is 13.1 Å². The van der Waals surface area contributed by atoms with Crippen LogP contribution in [-0.2, 0) is 11.2 Å². The lowest BCUT2D eigenvalue weighted by molar-refractivity contribution is -0.138. The Kier molecular flexibility index (Phi) is 5.52. The van der Waals surface area contributed by atoms with Gasteiger partial charge in [0.05, 0.1) is 5.92 Å². The van der Waals surface area contributed by atoms with Crippen LogP contribution in [0.2, 0.25) is 0 Å². The van der Waals surface area contributed by atoms with Crippen LogP contribution < -0.4 is 5.32 Å². The van der Waals surface area contributed by atoms with Gasteiger partial charge in [-0.1, -0.05) is 54.6 Å². The topological polar surface area (TPSA) is 49.3 Å². The van der Waals surface area contributed by atoms with Crippen LogP contribution in [0.25, 0.3) is 0 Å². The Balaban J connectivity index is 1.86. The lowest BCUT2D eigenvalue weighted by atomic mass is 9.99. The first-order valence-corrected chi connectivity index (χ1v) is 7.21. The standard InChI is InChI=1S/C18H21NO2/c1-14-7-5-6-8-15(14)11-12-19-13-17(18(20)21)16-9-3-2-4-10-16/h2-10,17,19H,11-13H2,1H3,(H,20,21). The van der Waals surface area contributed by atoms with Crippen LogP contribution in [0.15, 0.2) is 54.6 Å². The third-order valence-electron chi connectivity index (χ3n) is 3.68. The number of rotatable bonds is 7. The van der Waals surface area contributed by atoms with Crippen molar-refractivity contribution in [3.8, 4) is 0 Å². The minimum atomic E-state index is -0.787. The molecule has 0 saturated carbocycles. The molecule has 0 aromatic heterocycles. The lowest BCUT2D eigenvalue weighted by Crippen LogP contribution is -2.28. The molecule has 0 aliphatic carbocycles. The van der Waals surface area contributed by atoms with Crippen LogP contribution in [0.4, 0.5) is 0 Å². The van der Waals surface area contributed by atoms with Gasteiger partial charge in [-0.3, -0.25) is 4.79 Å². The van der Waals surface area contributed by atoms with E-state index >= 15 is 0 Å². The molecule has 110 valence electrons. The fourth-order valence-corrected chi connectivity index (χ4v) is 2.39. The Morgan fingerprint density at radius 2 is 1.76 bits per heavy atom. The number of carboxylic acids is 1. The van der Waals surface area contributed by atoms with E-state index in [0.717, 1.165) is 18.5 Å². The Hall–Kier alpha value is -2.13. The maximum Gasteiger partial charge on any atom is 0.312 e. The van der Waals surface area contributed by atoms with E-state index in [1.54, 1.807) is 0 Å². The highest BCUT2D eigenvalue weighted by molar-refractivity contribution is 5.76. The van der Waals surface area contributed by atoms with Gasteiger partial charge < -0.3 is 10.4 Å². The third kappa shape index (κ3) is 4.43. The smallest absolute Gasteiger partial charge is 0.312 e. The molecule has 0 aliphatic rings. The average molecular weight is 283 g/mol. The molecule has 1 atom stereocenters. The number of nitrogens with one attached hydrogen (secondary N) is 1. The molecule has 2 aromatic rings. The molecule has 2 aromatic carbocycles. The van der Waals surface area contributed by atoms with E-state index in [0.29, 0.717) is 6.54 Å². The second-order valence-corrected chi connectivity index (χ2v) is 5.18. The van der Waals surface area contributed by atoms with Crippen LogP contribution in [-0.4, -0.2) is 24.2 Å². The van der Waals surface area contributed by atoms with E-state index in [9.17, 15) is 9.90 Å². The molecular formula is C18H21NO2. The summed E-state index contributed by atoms with van der Waals surface area (Å²) in [6.07, 6.45) is 0.911. The van der Waals surface area contributed by atoms with E-state index < -0.39 is 11.9 Å². The Morgan fingerprint density at radius 1 is 1.10 bits per heavy atom. The number of hydrogen-bond donors (Lipinski definition) is 2. The molecule has 0 fully saturated rings. The van der Waals surface area contributed by atoms with Gasteiger partial charge in [0.2, 0.25) is 0 Å². The number of aryl methyl sites for hydroxylation is 1. The third-order valence-corrected chi connectivity index (χ3v) is 3.68. The van der Waals surface area contributed by atoms with E-state index in [1.807, 2.05) is 42.5 Å². The summed E-state index contributed by atoms with van der Waals surface area (Å²) in [7, 11) is 0. The van der Waals surface area contributed by atoms with Gasteiger partial charge in [0, 0.05) is 6.54 Å². The fourth-order valence-electron chi connectivity index (χ4n) is 2.39. The van der Waals surface area contributed by atoms with Crippen molar-refractivity contribution < 1.29 is 9.90 Å². The van der Waals surface area contributed by atoms with Crippen LogP contribution in [0.3, 0.4) is 0 Å². The van der Waals surface area contributed by atoms with Crippen molar-refractivity contribution in [1.29, 1.82) is 0 Å². The van der Waals surface area contributed by atoms with Crippen LogP contribution in [0.1, 0.15) is 22.6 Å². The minimum absolute atomic E-state index is 0.450. The molecular weight excluding hydrogens is 262 g/mol. The van der Waals surface area contributed by atoms with Gasteiger partial charge in [-0.2, -0.15) is 0 Å². The molecule has 3 nitrogen and oxygen atoms in total. The summed E-state index contributed by atoms with van der Waals surface area (Å²) < 4.78 is 0. The monoisotopic (exact) mass is 283 g/mol. The molecule has 3 heteroatoms. The zero-order valence-electron chi connectivity index (χ0n) is 12.3. The van der Waals surface area contributed by atoms with Crippen molar-refractivity contribution in [3.63, 3.8) is 0 Å². The van der Waals surface area contributed by atoms with Gasteiger partial charge in [-0.25, -0.2) is 0 Å². The number of carbonyl (C=O) groups is 1. The summed E-state index contributed by atoms with van der Waals surface area (Å²) in [6.45, 7) is 3.33. The van der Waals surface area contributed by atoms with Crippen LogP contribution >= 0.6 is 0 Å². The maximum atomic E-state index is 11.4. The van der Waals surface area contributed by atoms with Crippen molar-refractivity contribution >= 4 is 5.97 Å². The van der Waals surface area contributed by atoms with Gasteiger partial charge in [-0.15, -0.1) is 0 Å². The lowest BCUT2D eigenvalue weighted by Gasteiger charge is -2.14. The molecule has 0 amide bonds. The molecule has 0 aliphatic heterocycles. The molecule has 0 radical (unpaired) electrons. The molecule has 21 heavy (non-hydrogen) atoms. The largest absolute Gasteiger partial charge is 0.481 e. The quantitative estimate of drug-likeness (QED) is 0.768. The molecule has 2 N–H and O–H groups in total. The molecule has 1 unspecified atom stereocenters. The number of benzene rings is 2. The molecule has 0 bridgehead atoms. The van der Waals surface area contributed by atoms with E-state index in [4.69, 9.17) is 0 Å². The second kappa shape index (κ2) is 7.60. The first-order chi connectivity index (χ1) is 10.2. The highest BCUT2D eigenvalue weighted by Gasteiger charge is 2.18. The van der Waals surface area contributed by atoms with Crippen molar-refractivity contribution in [2.24, 2.45) is 0 Å². The first-order valence-electron chi connectivity index (χ1n) is 7.21. The SMILES string of the molecule is Cc1ccccc1CCNCC(C(=O)O)c1ccccc1. The summed E-state index contributed by atoms with van der Waals surface area (Å²) >= 11 is 0. The highest BCUT2D eigenvalue weighted by Crippen LogP contribution is 2.14. The number of carboxylic acid groups (broad SMARTS) is 1. The Morgan fingerprint density at radius 3 is 2.43 bits per heavy atom. The second-order valence-electron chi connectivity index (χ2n) is 5.18. The Labute approximate surface area is 125 Å². The summed E-state index contributed by atoms with van der Waals surface area (Å²) in [5, 5.41) is 12.6. The highest BCUT2D eigenvalue weighted by atomic mass is 16.4. The fraction of sp³-hybridized carbons (Fsp3) is 0.278. The zero-order valence-corrected chi connectivity index (χ0v) is 12.3. The van der Waals surface area contributed by atoms with E-state index in [1.165, 1.54) is 11.1 Å². The normalized spacial score (nSPS) is 12.0. The van der Waals surface area contributed by atoms with Gasteiger partial charge in [0.1, 0.15) is 0 Å². The summed E-state index contributed by atoms with van der Waals surface area (Å²) in [5.74, 6) is -1.28. The summed E-state index contributed by atoms with van der Waals surface area (Å²) in [5.41, 5.74) is 3.42. The van der Waals surface area contributed by atoms with E-state index in [-0.39, 0.29) is 0 Å². The number of hydrogen-bond acceptors (Lipinski definition) is 2. The predicted octanol–water partition coefficient (Wildman–Crippen LogP) is 3.00. The van der Waals surface area contributed by atoms with Crippen molar-refractivity contribution in [3.05, 3.63) is 71.3 Å². The van der Waals surface area contributed by atoms with Crippen LogP contribution in [0, 0.1) is 6.92 Å². The van der Waals surface area contributed by atoms with Crippen molar-refractivity contribution in [2.45, 2.75) is 19.3 Å². The average Bonchev–Trinajstić information content (AvgIpc) is 2.49. The summed E-state index contributed by atoms with van der Waals surface area (Å²) in [4.78, 5) is 11.4. The predicted molar refractivity (Wildman–Crippen MR) is 84.6 cm³/mol. The Bertz CT molecular complexity index is 581. The van der Waals surface area contributed by atoms with Crippen molar-refractivity contribution in [1.82, 2.24) is 5.32 Å². The molecule has 0 heterocycles. The van der Waals surface area contributed by atoms with Gasteiger partial charge >= 0.3 is 5.97 Å². The van der Waals surface area contributed by atoms with Gasteiger partial charge in [0.15, 0.2) is 0 Å². The van der Waals surface area contributed by atoms with Gasteiger partial charge in [0.25, 0.3) is 0 Å². The molecule has 2 rings (SSSR count). The van der Waals surface area contributed by atoms with E-state index in [2.05, 4.69) is 24.4 Å². The van der Waals surface area contributed by atoms with Crippen LogP contribution in [0.5, 0.6) is 0 Å². The van der Waals surface area contributed by atoms with Gasteiger partial charge in [-0.05, 0) is 36.6 Å². The minimum Gasteiger partial charge on any atom is -0.481 e. The summed E-state index contributed by atoms with van der Waals surface area (Å²) in [6, 6.07) is 17.6. The number of aliphatic carboxylic acids is 1. The first kappa shape index (κ1) is 15.3. The molecule has 0 saturated heterocycles. The zero-order chi connectivity index (χ0) is 15.1. The molecule has 0 spiro atoms. The maximum absolute atomic E-state index is 11.4.